The molecular formula is C12H9ClN4O2. The molecule has 2 heterocycles. The monoisotopic (exact) mass is 276 g/mol. The van der Waals surface area contributed by atoms with Gasteiger partial charge < -0.3 is 10.2 Å². The predicted octanol–water partition coefficient (Wildman–Crippen LogP) is 1.67. The van der Waals surface area contributed by atoms with Crippen LogP contribution in [0.1, 0.15) is 5.89 Å². The van der Waals surface area contributed by atoms with E-state index in [0.29, 0.717) is 27.7 Å². The number of nitrogens with zero attached hydrogens (tertiary/aromatic N) is 3. The topological polar surface area (TPSA) is 86.9 Å². The molecule has 7 heteroatoms. The molecule has 2 N–H and O–H groups in total. The van der Waals surface area contributed by atoms with Crippen LogP contribution in [-0.4, -0.2) is 14.5 Å². The van der Waals surface area contributed by atoms with Gasteiger partial charge in [-0.1, -0.05) is 17.7 Å². The minimum atomic E-state index is -0.417. The van der Waals surface area contributed by atoms with Gasteiger partial charge in [0.15, 0.2) is 5.58 Å². The first-order valence-electron chi connectivity index (χ1n) is 5.49. The van der Waals surface area contributed by atoms with Gasteiger partial charge in [0.05, 0.1) is 16.9 Å². The third-order valence-electron chi connectivity index (χ3n) is 2.62. The minimum absolute atomic E-state index is 0.153. The summed E-state index contributed by atoms with van der Waals surface area (Å²) in [5.74, 6) is 0.374. The number of nitrogen functional groups attached to an aromatic ring is 1. The first-order valence-corrected chi connectivity index (χ1v) is 5.87. The summed E-state index contributed by atoms with van der Waals surface area (Å²) in [7, 11) is 0. The van der Waals surface area contributed by atoms with Crippen LogP contribution in [0, 0.1) is 0 Å². The van der Waals surface area contributed by atoms with E-state index in [1.165, 1.54) is 17.0 Å². The standard InChI is InChI=1S/C12H9ClN4O2/c13-7-4-15-12(18)17(5-7)6-10-16-11-8(14)2-1-3-9(11)19-10/h1-5H,6,14H2. The zero-order valence-electron chi connectivity index (χ0n) is 9.71. The Labute approximate surface area is 112 Å². The lowest BCUT2D eigenvalue weighted by atomic mass is 10.3. The summed E-state index contributed by atoms with van der Waals surface area (Å²) < 4.78 is 6.85. The molecule has 3 aromatic rings. The molecular weight excluding hydrogens is 268 g/mol. The van der Waals surface area contributed by atoms with E-state index in [-0.39, 0.29) is 6.54 Å². The Hall–Kier alpha value is -2.34. The molecule has 2 aromatic heterocycles. The minimum Gasteiger partial charge on any atom is -0.439 e. The Bertz CT molecular complexity index is 809. The van der Waals surface area contributed by atoms with Crippen LogP contribution in [0.15, 0.2) is 39.8 Å². The number of hydrogen-bond donors (Lipinski definition) is 1. The van der Waals surface area contributed by atoms with E-state index in [4.69, 9.17) is 21.8 Å². The highest BCUT2D eigenvalue weighted by atomic mass is 35.5. The van der Waals surface area contributed by atoms with Gasteiger partial charge in [0, 0.05) is 6.20 Å². The second kappa shape index (κ2) is 4.40. The number of aromatic nitrogens is 3. The fourth-order valence-corrected chi connectivity index (χ4v) is 1.94. The maximum atomic E-state index is 11.6. The molecule has 0 atom stereocenters. The van der Waals surface area contributed by atoms with Crippen LogP contribution in [0.2, 0.25) is 5.02 Å². The van der Waals surface area contributed by atoms with Gasteiger partial charge in [-0.2, -0.15) is 0 Å². The van der Waals surface area contributed by atoms with Crippen molar-refractivity contribution in [3.05, 3.63) is 52.0 Å². The Balaban J connectivity index is 2.04. The van der Waals surface area contributed by atoms with Crippen molar-refractivity contribution in [3.63, 3.8) is 0 Å². The van der Waals surface area contributed by atoms with Crippen molar-refractivity contribution in [2.75, 3.05) is 5.73 Å². The number of para-hydroxylation sites is 1. The number of benzene rings is 1. The van der Waals surface area contributed by atoms with E-state index in [1.807, 2.05) is 0 Å². The highest BCUT2D eigenvalue weighted by molar-refractivity contribution is 6.30. The smallest absolute Gasteiger partial charge is 0.348 e. The summed E-state index contributed by atoms with van der Waals surface area (Å²) in [6, 6.07) is 5.28. The first kappa shape index (κ1) is 11.7. The molecule has 3 rings (SSSR count). The van der Waals surface area contributed by atoms with Crippen molar-refractivity contribution in [2.45, 2.75) is 6.54 Å². The van der Waals surface area contributed by atoms with Crippen LogP contribution >= 0.6 is 11.6 Å². The van der Waals surface area contributed by atoms with Gasteiger partial charge in [0.2, 0.25) is 5.89 Å². The average Bonchev–Trinajstić information content (AvgIpc) is 2.78. The molecule has 0 spiro atoms. The molecule has 0 fully saturated rings. The van der Waals surface area contributed by atoms with Gasteiger partial charge in [0.1, 0.15) is 12.1 Å². The first-order chi connectivity index (χ1) is 9.13. The molecule has 0 saturated carbocycles. The van der Waals surface area contributed by atoms with Crippen molar-refractivity contribution in [1.82, 2.24) is 14.5 Å². The van der Waals surface area contributed by atoms with Gasteiger partial charge >= 0.3 is 5.69 Å². The van der Waals surface area contributed by atoms with Gasteiger partial charge in [-0.25, -0.2) is 14.8 Å². The second-order valence-electron chi connectivity index (χ2n) is 3.98. The molecule has 0 bridgehead atoms. The van der Waals surface area contributed by atoms with Crippen molar-refractivity contribution in [2.24, 2.45) is 0 Å². The molecule has 0 aliphatic rings. The maximum absolute atomic E-state index is 11.6. The van der Waals surface area contributed by atoms with Crippen molar-refractivity contribution >= 4 is 28.4 Å². The van der Waals surface area contributed by atoms with Crippen LogP contribution in [0.4, 0.5) is 5.69 Å². The fourth-order valence-electron chi connectivity index (χ4n) is 1.77. The molecule has 96 valence electrons. The number of oxazole rings is 1. The quantitative estimate of drug-likeness (QED) is 0.720. The van der Waals surface area contributed by atoms with E-state index in [2.05, 4.69) is 9.97 Å². The van der Waals surface area contributed by atoms with Gasteiger partial charge in [-0.15, -0.1) is 0 Å². The lowest BCUT2D eigenvalue weighted by Gasteiger charge is -2.00. The highest BCUT2D eigenvalue weighted by Crippen LogP contribution is 2.21. The molecule has 0 aliphatic carbocycles. The number of halogens is 1. The molecule has 1 aromatic carbocycles. The van der Waals surface area contributed by atoms with E-state index in [1.54, 1.807) is 18.2 Å². The summed E-state index contributed by atoms with van der Waals surface area (Å²) in [6.07, 6.45) is 2.78. The normalized spacial score (nSPS) is 11.0. The van der Waals surface area contributed by atoms with E-state index in [0.717, 1.165) is 0 Å². The largest absolute Gasteiger partial charge is 0.439 e. The van der Waals surface area contributed by atoms with Crippen molar-refractivity contribution in [1.29, 1.82) is 0 Å². The Morgan fingerprint density at radius 2 is 2.26 bits per heavy atom. The zero-order valence-corrected chi connectivity index (χ0v) is 10.5. The lowest BCUT2D eigenvalue weighted by molar-refractivity contribution is 0.501. The fraction of sp³-hybridized carbons (Fsp3) is 0.0833. The molecule has 0 amide bonds. The summed E-state index contributed by atoms with van der Waals surface area (Å²) in [6.45, 7) is 0.153. The van der Waals surface area contributed by atoms with Crippen LogP contribution in [0.25, 0.3) is 11.1 Å². The number of fused-ring (bicyclic) bond motifs is 1. The molecule has 0 aliphatic heterocycles. The molecule has 0 unspecified atom stereocenters. The van der Waals surface area contributed by atoms with Crippen LogP contribution < -0.4 is 11.4 Å². The molecule has 0 radical (unpaired) electrons. The van der Waals surface area contributed by atoms with E-state index >= 15 is 0 Å². The Kier molecular flexibility index (Phi) is 2.72. The maximum Gasteiger partial charge on any atom is 0.348 e. The number of rotatable bonds is 2. The van der Waals surface area contributed by atoms with Crippen LogP contribution in [0.5, 0.6) is 0 Å². The SMILES string of the molecule is Nc1cccc2oc(Cn3cc(Cl)cnc3=O)nc12. The van der Waals surface area contributed by atoms with Gasteiger partial charge in [-0.3, -0.25) is 4.57 Å². The van der Waals surface area contributed by atoms with E-state index in [9.17, 15) is 4.79 Å². The second-order valence-corrected chi connectivity index (χ2v) is 4.42. The number of nitrogens with two attached hydrogens (primary N) is 1. The lowest BCUT2D eigenvalue weighted by Crippen LogP contribution is -2.22. The Morgan fingerprint density at radius 3 is 3.05 bits per heavy atom. The summed E-state index contributed by atoms with van der Waals surface area (Å²) in [4.78, 5) is 19.4. The molecule has 6 nitrogen and oxygen atoms in total. The summed E-state index contributed by atoms with van der Waals surface area (Å²) >= 11 is 5.79. The highest BCUT2D eigenvalue weighted by Gasteiger charge is 2.09. The molecule has 0 saturated heterocycles. The third-order valence-corrected chi connectivity index (χ3v) is 2.82. The summed E-state index contributed by atoms with van der Waals surface area (Å²) in [5, 5.41) is 0.371. The van der Waals surface area contributed by atoms with Gasteiger partial charge in [0.25, 0.3) is 0 Å². The van der Waals surface area contributed by atoms with Crippen LogP contribution in [-0.2, 0) is 6.54 Å². The average molecular weight is 277 g/mol. The predicted molar refractivity (Wildman–Crippen MR) is 71.0 cm³/mol. The van der Waals surface area contributed by atoms with Crippen molar-refractivity contribution in [3.8, 4) is 0 Å². The van der Waals surface area contributed by atoms with Gasteiger partial charge in [-0.05, 0) is 12.1 Å². The van der Waals surface area contributed by atoms with Crippen LogP contribution in [0.3, 0.4) is 0 Å². The van der Waals surface area contributed by atoms with Crippen molar-refractivity contribution < 1.29 is 4.42 Å². The Morgan fingerprint density at radius 1 is 1.42 bits per heavy atom. The van der Waals surface area contributed by atoms with E-state index < -0.39 is 5.69 Å². The third kappa shape index (κ3) is 2.17. The number of hydrogen-bond acceptors (Lipinski definition) is 5. The zero-order chi connectivity index (χ0) is 13.4. The number of anilines is 1. The summed E-state index contributed by atoms with van der Waals surface area (Å²) in [5.41, 5.74) is 7.07. The molecule has 19 heavy (non-hydrogen) atoms.